The zero-order valence-corrected chi connectivity index (χ0v) is 13.9. The van der Waals surface area contributed by atoms with Crippen molar-refractivity contribution in [2.45, 2.75) is 0 Å². The van der Waals surface area contributed by atoms with Gasteiger partial charge in [0.1, 0.15) is 5.75 Å². The molecule has 7 nitrogen and oxygen atoms in total. The average Bonchev–Trinajstić information content (AvgIpc) is 2.53. The third-order valence-electron chi connectivity index (χ3n) is 2.91. The molecule has 0 aliphatic rings. The Kier molecular flexibility index (Phi) is 5.83. The van der Waals surface area contributed by atoms with Crippen molar-refractivity contribution in [2.24, 2.45) is 0 Å². The van der Waals surface area contributed by atoms with Gasteiger partial charge in [0.05, 0.1) is 17.1 Å². The van der Waals surface area contributed by atoms with Crippen LogP contribution in [0, 0.1) is 10.1 Å². The normalized spacial score (nSPS) is 10.1. The fraction of sp³-hybridized carbons (Fsp3) is 0.133. The lowest BCUT2D eigenvalue weighted by atomic mass is 10.3. The van der Waals surface area contributed by atoms with E-state index in [2.05, 4.69) is 5.32 Å². The highest BCUT2D eigenvalue weighted by Gasteiger charge is 2.17. The van der Waals surface area contributed by atoms with E-state index in [9.17, 15) is 14.9 Å². The van der Waals surface area contributed by atoms with Gasteiger partial charge in [-0.3, -0.25) is 14.9 Å². The minimum atomic E-state index is -0.637. The van der Waals surface area contributed by atoms with Gasteiger partial charge in [0.15, 0.2) is 12.4 Å². The molecule has 0 saturated carbocycles. The molecule has 1 amide bonds. The predicted molar refractivity (Wildman–Crippen MR) is 90.2 cm³/mol. The number of methoxy groups -OCH3 is 1. The van der Waals surface area contributed by atoms with Crippen LogP contribution in [0.4, 0.5) is 11.4 Å². The van der Waals surface area contributed by atoms with Crippen molar-refractivity contribution < 1.29 is 19.2 Å². The van der Waals surface area contributed by atoms with Crippen molar-refractivity contribution in [2.75, 3.05) is 19.0 Å². The minimum Gasteiger partial charge on any atom is -0.495 e. The van der Waals surface area contributed by atoms with Gasteiger partial charge in [0.25, 0.3) is 5.91 Å². The van der Waals surface area contributed by atoms with E-state index in [1.54, 1.807) is 12.1 Å². The number of benzene rings is 2. The van der Waals surface area contributed by atoms with Gasteiger partial charge in [0.2, 0.25) is 0 Å². The van der Waals surface area contributed by atoms with Crippen molar-refractivity contribution in [3.63, 3.8) is 0 Å². The van der Waals surface area contributed by atoms with E-state index >= 15 is 0 Å². The molecule has 0 aliphatic heterocycles. The van der Waals surface area contributed by atoms with Gasteiger partial charge in [-0.05, 0) is 30.3 Å². The highest BCUT2D eigenvalue weighted by Crippen LogP contribution is 2.30. The molecule has 0 bridgehead atoms. The number of hydrogen-bond donors (Lipinski definition) is 1. The zero-order valence-electron chi connectivity index (χ0n) is 12.4. The summed E-state index contributed by atoms with van der Waals surface area (Å²) in [6.45, 7) is -0.411. The van der Waals surface area contributed by atoms with Crippen molar-refractivity contribution in [3.8, 4) is 11.5 Å². The van der Waals surface area contributed by atoms with Crippen LogP contribution in [0.25, 0.3) is 0 Å². The van der Waals surface area contributed by atoms with Gasteiger partial charge >= 0.3 is 5.69 Å². The fourth-order valence-corrected chi connectivity index (χ4v) is 2.26. The lowest BCUT2D eigenvalue weighted by Gasteiger charge is -2.09. The van der Waals surface area contributed by atoms with E-state index < -0.39 is 17.4 Å². The Hall–Kier alpha value is -2.51. The molecule has 0 atom stereocenters. The van der Waals surface area contributed by atoms with Crippen LogP contribution in [0.15, 0.2) is 36.4 Å². The minimum absolute atomic E-state index is 0.0488. The number of nitrogens with one attached hydrogen (secondary N) is 1. The summed E-state index contributed by atoms with van der Waals surface area (Å²) in [5.41, 5.74) is 0.128. The number of nitrogens with zero attached hydrogens (tertiary/aromatic N) is 1. The molecular formula is C15H12Cl2N2O5. The highest BCUT2D eigenvalue weighted by molar-refractivity contribution is 6.32. The molecule has 2 rings (SSSR count). The Labute approximate surface area is 147 Å². The van der Waals surface area contributed by atoms with Crippen LogP contribution in [-0.4, -0.2) is 24.5 Å². The van der Waals surface area contributed by atoms with E-state index in [1.807, 2.05) is 0 Å². The van der Waals surface area contributed by atoms with E-state index in [4.69, 9.17) is 32.7 Å². The maximum atomic E-state index is 11.9. The zero-order chi connectivity index (χ0) is 17.7. The van der Waals surface area contributed by atoms with Crippen molar-refractivity contribution >= 4 is 40.5 Å². The smallest absolute Gasteiger partial charge is 0.312 e. The first kappa shape index (κ1) is 17.8. The summed E-state index contributed by atoms with van der Waals surface area (Å²) in [6.07, 6.45) is 0. The number of anilines is 1. The number of rotatable bonds is 6. The Bertz CT molecular complexity index is 782. The second-order valence-electron chi connectivity index (χ2n) is 4.56. The lowest BCUT2D eigenvalue weighted by molar-refractivity contribution is -0.385. The van der Waals surface area contributed by atoms with Gasteiger partial charge in [0, 0.05) is 16.8 Å². The van der Waals surface area contributed by atoms with E-state index in [0.29, 0.717) is 16.5 Å². The SMILES string of the molecule is COc1ccc(NC(=O)COc2ccc(Cl)cc2[N+](=O)[O-])cc1Cl. The standard InChI is InChI=1S/C15H12Cl2N2O5/c1-23-13-5-3-10(7-11(13)17)18-15(20)8-24-14-4-2-9(16)6-12(14)19(21)22/h2-7H,8H2,1H3,(H,18,20). The Morgan fingerprint density at radius 3 is 2.54 bits per heavy atom. The first-order valence-electron chi connectivity index (χ1n) is 6.61. The topological polar surface area (TPSA) is 90.7 Å². The molecule has 2 aromatic rings. The maximum absolute atomic E-state index is 11.9. The van der Waals surface area contributed by atoms with E-state index in [0.717, 1.165) is 6.07 Å². The van der Waals surface area contributed by atoms with Crippen LogP contribution in [0.2, 0.25) is 10.0 Å². The summed E-state index contributed by atoms with van der Waals surface area (Å²) in [5, 5.41) is 14.0. The van der Waals surface area contributed by atoms with Gasteiger partial charge in [-0.2, -0.15) is 0 Å². The number of carbonyl (C=O) groups is 1. The molecule has 0 unspecified atom stereocenters. The molecule has 0 saturated heterocycles. The summed E-state index contributed by atoms with van der Waals surface area (Å²) in [6, 6.07) is 8.64. The van der Waals surface area contributed by atoms with Gasteiger partial charge in [-0.25, -0.2) is 0 Å². The van der Waals surface area contributed by atoms with E-state index in [-0.39, 0.29) is 16.5 Å². The maximum Gasteiger partial charge on any atom is 0.312 e. The van der Waals surface area contributed by atoms with Crippen LogP contribution in [0.1, 0.15) is 0 Å². The number of hydrogen-bond acceptors (Lipinski definition) is 5. The summed E-state index contributed by atoms with van der Waals surface area (Å²) >= 11 is 11.7. The van der Waals surface area contributed by atoms with Crippen molar-refractivity contribution in [1.82, 2.24) is 0 Å². The van der Waals surface area contributed by atoms with Crippen molar-refractivity contribution in [1.29, 1.82) is 0 Å². The van der Waals surface area contributed by atoms with Gasteiger partial charge in [-0.15, -0.1) is 0 Å². The Morgan fingerprint density at radius 2 is 1.92 bits per heavy atom. The summed E-state index contributed by atoms with van der Waals surface area (Å²) in [7, 11) is 1.48. The first-order chi connectivity index (χ1) is 11.4. The van der Waals surface area contributed by atoms with Crippen LogP contribution in [0.5, 0.6) is 11.5 Å². The first-order valence-corrected chi connectivity index (χ1v) is 7.36. The molecule has 0 spiro atoms. The van der Waals surface area contributed by atoms with Crippen LogP contribution >= 0.6 is 23.2 Å². The number of halogens is 2. The molecule has 9 heteroatoms. The largest absolute Gasteiger partial charge is 0.495 e. The molecule has 2 aromatic carbocycles. The quantitative estimate of drug-likeness (QED) is 0.614. The van der Waals surface area contributed by atoms with Crippen LogP contribution in [0.3, 0.4) is 0 Å². The third-order valence-corrected chi connectivity index (χ3v) is 3.44. The van der Waals surface area contributed by atoms with Crippen LogP contribution in [-0.2, 0) is 4.79 Å². The molecule has 126 valence electrons. The fourth-order valence-electron chi connectivity index (χ4n) is 1.84. The molecule has 0 radical (unpaired) electrons. The van der Waals surface area contributed by atoms with E-state index in [1.165, 1.54) is 25.3 Å². The lowest BCUT2D eigenvalue weighted by Crippen LogP contribution is -2.20. The van der Waals surface area contributed by atoms with Crippen LogP contribution < -0.4 is 14.8 Å². The monoisotopic (exact) mass is 370 g/mol. The number of ether oxygens (including phenoxy) is 2. The second kappa shape index (κ2) is 7.85. The second-order valence-corrected chi connectivity index (χ2v) is 5.40. The number of amides is 1. The molecule has 1 N–H and O–H groups in total. The average molecular weight is 371 g/mol. The number of nitro groups is 1. The highest BCUT2D eigenvalue weighted by atomic mass is 35.5. The molecule has 0 heterocycles. The molecule has 0 fully saturated rings. The molecule has 0 aliphatic carbocycles. The molecule has 24 heavy (non-hydrogen) atoms. The predicted octanol–water partition coefficient (Wildman–Crippen LogP) is 3.93. The van der Waals surface area contributed by atoms with Gasteiger partial charge in [-0.1, -0.05) is 23.2 Å². The van der Waals surface area contributed by atoms with Crippen molar-refractivity contribution in [3.05, 3.63) is 56.6 Å². The number of nitro benzene ring substituents is 1. The summed E-state index contributed by atoms with van der Waals surface area (Å²) in [4.78, 5) is 22.2. The van der Waals surface area contributed by atoms with Gasteiger partial charge < -0.3 is 14.8 Å². The summed E-state index contributed by atoms with van der Waals surface area (Å²) < 4.78 is 10.2. The third kappa shape index (κ3) is 4.50. The molecule has 0 aromatic heterocycles. The number of carbonyl (C=O) groups excluding carboxylic acids is 1. The molecular weight excluding hydrogens is 359 g/mol. The summed E-state index contributed by atoms with van der Waals surface area (Å²) in [5.74, 6) is -0.0736. The Balaban J connectivity index is 2.01. The Morgan fingerprint density at radius 1 is 1.21 bits per heavy atom.